The summed E-state index contributed by atoms with van der Waals surface area (Å²) in [6.07, 6.45) is 4.97. The van der Waals surface area contributed by atoms with Crippen LogP contribution in [0.5, 0.6) is 0 Å². The minimum absolute atomic E-state index is 0.459. The van der Waals surface area contributed by atoms with Crippen LogP contribution in [0.3, 0.4) is 0 Å². The summed E-state index contributed by atoms with van der Waals surface area (Å²) in [4.78, 5) is 8.27. The molecule has 4 heteroatoms. The second-order valence-corrected chi connectivity index (χ2v) is 3.84. The zero-order valence-electron chi connectivity index (χ0n) is 9.37. The van der Waals surface area contributed by atoms with E-state index < -0.39 is 0 Å². The first-order valence-corrected chi connectivity index (χ1v) is 5.18. The molecule has 0 aliphatic carbocycles. The molecule has 0 atom stereocenters. The average molecular weight is 236 g/mol. The highest BCUT2D eigenvalue weighted by atomic mass is 35.5. The first-order valence-electron chi connectivity index (χ1n) is 4.80. The van der Waals surface area contributed by atoms with Gasteiger partial charge in [0.2, 0.25) is 0 Å². The van der Waals surface area contributed by atoms with Crippen LogP contribution < -0.4 is 5.73 Å². The highest BCUT2D eigenvalue weighted by Crippen LogP contribution is 2.21. The number of halogens is 1. The fourth-order valence-corrected chi connectivity index (χ4v) is 1.26. The molecule has 0 spiro atoms. The van der Waals surface area contributed by atoms with Crippen molar-refractivity contribution in [3.05, 3.63) is 42.4 Å². The van der Waals surface area contributed by atoms with E-state index in [1.54, 1.807) is 31.5 Å². The van der Waals surface area contributed by atoms with Crippen molar-refractivity contribution < 1.29 is 0 Å². The molecule has 0 aliphatic heterocycles. The molecule has 1 aromatic rings. The molecule has 0 aliphatic rings. The Kier molecular flexibility index (Phi) is 4.26. The number of nitrogens with two attached hydrogens (primary N) is 1. The number of nitrogens with zero attached hydrogens (tertiary/aromatic N) is 2. The maximum absolute atomic E-state index is 5.81. The zero-order chi connectivity index (χ0) is 12.1. The van der Waals surface area contributed by atoms with Gasteiger partial charge in [0.15, 0.2) is 0 Å². The second-order valence-electron chi connectivity index (χ2n) is 3.29. The highest BCUT2D eigenvalue weighted by molar-refractivity contribution is 6.64. The number of hydrogen-bond donors (Lipinski definition) is 1. The summed E-state index contributed by atoms with van der Waals surface area (Å²) in [5, 5.41) is 0.459. The lowest BCUT2D eigenvalue weighted by molar-refractivity contribution is 1.22. The van der Waals surface area contributed by atoms with Gasteiger partial charge in [0, 0.05) is 23.7 Å². The van der Waals surface area contributed by atoms with Crippen LogP contribution in [0.4, 0.5) is 5.69 Å². The third-order valence-corrected chi connectivity index (χ3v) is 2.22. The Bertz CT molecular complexity index is 457. The Labute approximate surface area is 100 Å². The third-order valence-electron chi connectivity index (χ3n) is 2.12. The van der Waals surface area contributed by atoms with Crippen molar-refractivity contribution in [1.29, 1.82) is 0 Å². The molecule has 0 radical (unpaired) electrons. The van der Waals surface area contributed by atoms with E-state index in [0.717, 1.165) is 16.8 Å². The van der Waals surface area contributed by atoms with Gasteiger partial charge in [-0.05, 0) is 25.5 Å². The van der Waals surface area contributed by atoms with Gasteiger partial charge in [-0.15, -0.1) is 0 Å². The number of nitrogen functional groups attached to an aromatic ring is 1. The number of rotatable bonds is 3. The fraction of sp³-hybridized carbons (Fsp3) is 0.167. The number of anilines is 1. The predicted molar refractivity (Wildman–Crippen MR) is 70.5 cm³/mol. The van der Waals surface area contributed by atoms with E-state index in [1.807, 2.05) is 6.92 Å². The lowest BCUT2D eigenvalue weighted by atomic mass is 10.1. The van der Waals surface area contributed by atoms with Crippen LogP contribution in [-0.2, 0) is 0 Å². The Balaban J connectivity index is 3.24. The quantitative estimate of drug-likeness (QED) is 0.646. The lowest BCUT2D eigenvalue weighted by Gasteiger charge is -2.06. The molecule has 0 bridgehead atoms. The van der Waals surface area contributed by atoms with Crippen LogP contribution in [0.2, 0.25) is 0 Å². The molecule has 16 heavy (non-hydrogen) atoms. The first kappa shape index (κ1) is 12.5. The summed E-state index contributed by atoms with van der Waals surface area (Å²) in [5.41, 5.74) is 8.99. The first-order chi connectivity index (χ1) is 7.56. The van der Waals surface area contributed by atoms with Crippen LogP contribution in [0.25, 0.3) is 5.57 Å². The fourth-order valence-electron chi connectivity index (χ4n) is 1.21. The third kappa shape index (κ3) is 2.94. The topological polar surface area (TPSA) is 51.3 Å². The molecule has 2 N–H and O–H groups in total. The average Bonchev–Trinajstić information content (AvgIpc) is 2.24. The van der Waals surface area contributed by atoms with Crippen molar-refractivity contribution in [2.75, 3.05) is 5.73 Å². The van der Waals surface area contributed by atoms with E-state index in [2.05, 4.69) is 16.6 Å². The number of allylic oxidation sites excluding steroid dienone is 2. The number of aromatic nitrogens is 1. The molecule has 0 aromatic carbocycles. The Hall–Kier alpha value is -1.61. The maximum Gasteiger partial charge on any atom is 0.103 e. The molecule has 0 unspecified atom stereocenters. The van der Waals surface area contributed by atoms with Gasteiger partial charge in [0.25, 0.3) is 0 Å². The summed E-state index contributed by atoms with van der Waals surface area (Å²) >= 11 is 5.66. The van der Waals surface area contributed by atoms with E-state index in [4.69, 9.17) is 17.3 Å². The van der Waals surface area contributed by atoms with Gasteiger partial charge < -0.3 is 5.73 Å². The van der Waals surface area contributed by atoms with E-state index in [0.29, 0.717) is 10.9 Å². The maximum atomic E-state index is 5.81. The highest BCUT2D eigenvalue weighted by Gasteiger charge is 2.05. The molecule has 84 valence electrons. The van der Waals surface area contributed by atoms with Gasteiger partial charge in [-0.1, -0.05) is 24.3 Å². The van der Waals surface area contributed by atoms with Gasteiger partial charge >= 0.3 is 0 Å². The van der Waals surface area contributed by atoms with Crippen molar-refractivity contribution in [3.8, 4) is 0 Å². The minimum atomic E-state index is 0.459. The smallest absolute Gasteiger partial charge is 0.103 e. The van der Waals surface area contributed by atoms with Gasteiger partial charge in [0.05, 0.1) is 5.69 Å². The predicted octanol–water partition coefficient (Wildman–Crippen LogP) is 3.16. The van der Waals surface area contributed by atoms with E-state index in [1.165, 1.54) is 0 Å². The van der Waals surface area contributed by atoms with Crippen LogP contribution in [0.1, 0.15) is 18.2 Å². The molecular formula is C12H14ClN3. The van der Waals surface area contributed by atoms with Crippen LogP contribution >= 0.6 is 11.6 Å². The van der Waals surface area contributed by atoms with E-state index in [9.17, 15) is 0 Å². The number of pyridine rings is 1. The lowest BCUT2D eigenvalue weighted by Crippen LogP contribution is -1.97. The largest absolute Gasteiger partial charge is 0.398 e. The molecule has 0 fully saturated rings. The summed E-state index contributed by atoms with van der Waals surface area (Å²) in [5.74, 6) is 0. The summed E-state index contributed by atoms with van der Waals surface area (Å²) in [6.45, 7) is 7.34. The van der Waals surface area contributed by atoms with Crippen molar-refractivity contribution >= 4 is 28.0 Å². The molecule has 3 nitrogen and oxygen atoms in total. The standard InChI is InChI=1S/C12H14ClN3/c1-4-10(7-16-9(3)13)12-8(2)11(14)5-6-15-12/h4-7H,1H2,2-3H3,(H2,14,15)/b10-7+,16-9?. The van der Waals surface area contributed by atoms with Crippen molar-refractivity contribution in [2.45, 2.75) is 13.8 Å². The summed E-state index contributed by atoms with van der Waals surface area (Å²) in [7, 11) is 0. The summed E-state index contributed by atoms with van der Waals surface area (Å²) in [6, 6.07) is 1.76. The van der Waals surface area contributed by atoms with Crippen LogP contribution in [0.15, 0.2) is 36.1 Å². The molecule has 0 saturated carbocycles. The van der Waals surface area contributed by atoms with Gasteiger partial charge in [0.1, 0.15) is 5.17 Å². The molecule has 1 heterocycles. The zero-order valence-corrected chi connectivity index (χ0v) is 10.1. The van der Waals surface area contributed by atoms with E-state index >= 15 is 0 Å². The molecule has 0 amide bonds. The molecule has 1 rings (SSSR count). The SMILES string of the molecule is C=C/C(=C\N=C(C)Cl)c1nccc(N)c1C. The van der Waals surface area contributed by atoms with E-state index in [-0.39, 0.29) is 0 Å². The van der Waals surface area contributed by atoms with Crippen LogP contribution in [-0.4, -0.2) is 10.2 Å². The van der Waals surface area contributed by atoms with Gasteiger partial charge in [-0.25, -0.2) is 4.99 Å². The molecule has 1 aromatic heterocycles. The van der Waals surface area contributed by atoms with Crippen molar-refractivity contribution in [3.63, 3.8) is 0 Å². The van der Waals surface area contributed by atoms with Crippen LogP contribution in [0, 0.1) is 6.92 Å². The molecular weight excluding hydrogens is 222 g/mol. The number of hydrogen-bond acceptors (Lipinski definition) is 3. The number of aliphatic imine (C=N–C) groups is 1. The van der Waals surface area contributed by atoms with Crippen molar-refractivity contribution in [1.82, 2.24) is 4.98 Å². The summed E-state index contributed by atoms with van der Waals surface area (Å²) < 4.78 is 0. The van der Waals surface area contributed by atoms with Gasteiger partial charge in [-0.2, -0.15) is 0 Å². The monoisotopic (exact) mass is 235 g/mol. The Morgan fingerprint density at radius 2 is 2.31 bits per heavy atom. The minimum Gasteiger partial charge on any atom is -0.398 e. The second kappa shape index (κ2) is 5.47. The normalized spacial score (nSPS) is 12.7. The van der Waals surface area contributed by atoms with Gasteiger partial charge in [-0.3, -0.25) is 4.98 Å². The Morgan fingerprint density at radius 3 is 2.88 bits per heavy atom. The van der Waals surface area contributed by atoms with Crippen molar-refractivity contribution in [2.24, 2.45) is 4.99 Å². The molecule has 0 saturated heterocycles. The Morgan fingerprint density at radius 1 is 1.62 bits per heavy atom.